The summed E-state index contributed by atoms with van der Waals surface area (Å²) >= 11 is 0. The molecular formula is C15H19FN2O. The predicted octanol–water partition coefficient (Wildman–Crippen LogP) is 1.96. The molecule has 1 unspecified atom stereocenters. The van der Waals surface area contributed by atoms with Crippen LogP contribution in [-0.2, 0) is 0 Å². The molecule has 2 aliphatic heterocycles. The zero-order valence-corrected chi connectivity index (χ0v) is 11.2. The van der Waals surface area contributed by atoms with Crippen molar-refractivity contribution in [2.75, 3.05) is 26.2 Å². The number of aryl methyl sites for hydroxylation is 1. The van der Waals surface area contributed by atoms with Crippen LogP contribution in [0.4, 0.5) is 4.39 Å². The van der Waals surface area contributed by atoms with Crippen molar-refractivity contribution in [3.63, 3.8) is 0 Å². The van der Waals surface area contributed by atoms with Gasteiger partial charge in [0.15, 0.2) is 0 Å². The Morgan fingerprint density at radius 2 is 2.26 bits per heavy atom. The highest BCUT2D eigenvalue weighted by Crippen LogP contribution is 2.36. The molecule has 102 valence electrons. The first kappa shape index (κ1) is 12.6. The number of halogens is 1. The summed E-state index contributed by atoms with van der Waals surface area (Å²) in [6, 6.07) is 4.82. The van der Waals surface area contributed by atoms with Crippen LogP contribution >= 0.6 is 0 Å². The van der Waals surface area contributed by atoms with Crippen molar-refractivity contribution in [2.45, 2.75) is 19.8 Å². The van der Waals surface area contributed by atoms with E-state index >= 15 is 0 Å². The van der Waals surface area contributed by atoms with E-state index in [4.69, 9.17) is 0 Å². The average Bonchev–Trinajstić information content (AvgIpc) is 3.00. The Morgan fingerprint density at radius 3 is 2.95 bits per heavy atom. The number of nitrogens with one attached hydrogen (secondary N) is 1. The number of benzene rings is 1. The second kappa shape index (κ2) is 4.60. The molecule has 1 aromatic carbocycles. The molecule has 1 amide bonds. The molecule has 3 rings (SSSR count). The van der Waals surface area contributed by atoms with E-state index in [1.807, 2.05) is 6.92 Å². The number of amides is 1. The fourth-order valence-electron chi connectivity index (χ4n) is 3.22. The molecule has 0 radical (unpaired) electrons. The first-order valence-electron chi connectivity index (χ1n) is 6.86. The van der Waals surface area contributed by atoms with Gasteiger partial charge < -0.3 is 10.2 Å². The summed E-state index contributed by atoms with van der Waals surface area (Å²) < 4.78 is 13.9. The summed E-state index contributed by atoms with van der Waals surface area (Å²) in [5.41, 5.74) is 1.28. The number of nitrogens with zero attached hydrogens (tertiary/aromatic N) is 1. The number of rotatable bonds is 1. The minimum Gasteiger partial charge on any atom is -0.338 e. The smallest absolute Gasteiger partial charge is 0.256 e. The normalized spacial score (nSPS) is 26.3. The molecule has 4 heteroatoms. The van der Waals surface area contributed by atoms with Crippen LogP contribution in [0.2, 0.25) is 0 Å². The van der Waals surface area contributed by atoms with Gasteiger partial charge in [0.25, 0.3) is 5.91 Å². The van der Waals surface area contributed by atoms with Crippen LogP contribution in [0, 0.1) is 18.2 Å². The summed E-state index contributed by atoms with van der Waals surface area (Å²) in [5.74, 6) is -0.572. The Labute approximate surface area is 112 Å². The van der Waals surface area contributed by atoms with Crippen LogP contribution in [0.3, 0.4) is 0 Å². The number of hydrogen-bond acceptors (Lipinski definition) is 2. The van der Waals surface area contributed by atoms with E-state index in [0.717, 1.165) is 44.6 Å². The topological polar surface area (TPSA) is 32.3 Å². The van der Waals surface area contributed by atoms with Crippen LogP contribution in [-0.4, -0.2) is 37.0 Å². The molecule has 3 nitrogen and oxygen atoms in total. The highest BCUT2D eigenvalue weighted by molar-refractivity contribution is 5.94. The van der Waals surface area contributed by atoms with Crippen LogP contribution < -0.4 is 5.32 Å². The molecule has 2 fully saturated rings. The molecule has 0 aromatic heterocycles. The molecule has 1 N–H and O–H groups in total. The molecule has 0 saturated carbocycles. The van der Waals surface area contributed by atoms with Crippen LogP contribution in [0.5, 0.6) is 0 Å². The van der Waals surface area contributed by atoms with Gasteiger partial charge >= 0.3 is 0 Å². The maximum atomic E-state index is 13.9. The van der Waals surface area contributed by atoms with Crippen LogP contribution in [0.25, 0.3) is 0 Å². The van der Waals surface area contributed by atoms with Crippen LogP contribution in [0.15, 0.2) is 18.2 Å². The summed E-state index contributed by atoms with van der Waals surface area (Å²) in [4.78, 5) is 14.2. The van der Waals surface area contributed by atoms with Crippen LogP contribution in [0.1, 0.15) is 28.8 Å². The minimum atomic E-state index is -0.407. The monoisotopic (exact) mass is 262 g/mol. The molecule has 0 bridgehead atoms. The molecule has 2 heterocycles. The number of hydrogen-bond donors (Lipinski definition) is 1. The molecule has 2 aliphatic rings. The zero-order valence-electron chi connectivity index (χ0n) is 11.2. The Hall–Kier alpha value is -1.42. The predicted molar refractivity (Wildman–Crippen MR) is 71.6 cm³/mol. The van der Waals surface area contributed by atoms with E-state index in [2.05, 4.69) is 5.32 Å². The number of likely N-dealkylation sites (tertiary alicyclic amines) is 1. The minimum absolute atomic E-state index is 0.165. The lowest BCUT2D eigenvalue weighted by molar-refractivity contribution is 0.0771. The third-order valence-electron chi connectivity index (χ3n) is 4.41. The maximum absolute atomic E-state index is 13.9. The summed E-state index contributed by atoms with van der Waals surface area (Å²) in [6.45, 7) is 5.33. The molecule has 1 atom stereocenters. The van der Waals surface area contributed by atoms with E-state index < -0.39 is 5.82 Å². The molecule has 0 aliphatic carbocycles. The Morgan fingerprint density at radius 1 is 1.42 bits per heavy atom. The van der Waals surface area contributed by atoms with Gasteiger partial charge in [0, 0.05) is 25.0 Å². The SMILES string of the molecule is Cc1ccc(C(=O)N2CCC3(CCNC3)C2)c(F)c1. The lowest BCUT2D eigenvalue weighted by Gasteiger charge is -2.23. The van der Waals surface area contributed by atoms with Gasteiger partial charge in [-0.2, -0.15) is 0 Å². The van der Waals surface area contributed by atoms with Gasteiger partial charge in [0.1, 0.15) is 5.82 Å². The fourth-order valence-corrected chi connectivity index (χ4v) is 3.22. The summed E-state index contributed by atoms with van der Waals surface area (Å²) in [7, 11) is 0. The molecule has 2 saturated heterocycles. The Bertz CT molecular complexity index is 509. The number of carbonyl (C=O) groups excluding carboxylic acids is 1. The van der Waals surface area contributed by atoms with Gasteiger partial charge in [-0.3, -0.25) is 4.79 Å². The lowest BCUT2D eigenvalue weighted by atomic mass is 9.86. The third kappa shape index (κ3) is 2.25. The summed E-state index contributed by atoms with van der Waals surface area (Å²) in [6.07, 6.45) is 2.15. The maximum Gasteiger partial charge on any atom is 0.256 e. The van der Waals surface area contributed by atoms with Gasteiger partial charge in [-0.1, -0.05) is 6.07 Å². The molecular weight excluding hydrogens is 243 g/mol. The lowest BCUT2D eigenvalue weighted by Crippen LogP contribution is -2.33. The second-order valence-corrected chi connectivity index (χ2v) is 5.89. The Kier molecular flexibility index (Phi) is 3.05. The first-order valence-corrected chi connectivity index (χ1v) is 6.86. The van der Waals surface area contributed by atoms with E-state index in [1.165, 1.54) is 6.07 Å². The average molecular weight is 262 g/mol. The van der Waals surface area contributed by atoms with Gasteiger partial charge in [-0.15, -0.1) is 0 Å². The van der Waals surface area contributed by atoms with Gasteiger partial charge in [0.2, 0.25) is 0 Å². The van der Waals surface area contributed by atoms with Crippen molar-refractivity contribution in [2.24, 2.45) is 5.41 Å². The van der Waals surface area contributed by atoms with Crippen molar-refractivity contribution in [3.05, 3.63) is 35.1 Å². The van der Waals surface area contributed by atoms with E-state index in [9.17, 15) is 9.18 Å². The first-order chi connectivity index (χ1) is 9.10. The highest BCUT2D eigenvalue weighted by atomic mass is 19.1. The molecule has 19 heavy (non-hydrogen) atoms. The standard InChI is InChI=1S/C15H19FN2O/c1-11-2-3-12(13(16)8-11)14(19)18-7-5-15(10-18)4-6-17-9-15/h2-3,8,17H,4-7,9-10H2,1H3. The third-order valence-corrected chi connectivity index (χ3v) is 4.41. The Balaban J connectivity index is 1.78. The van der Waals surface area contributed by atoms with Gasteiger partial charge in [-0.05, 0) is 44.0 Å². The molecule has 1 spiro atoms. The fraction of sp³-hybridized carbons (Fsp3) is 0.533. The van der Waals surface area contributed by atoms with E-state index in [1.54, 1.807) is 17.0 Å². The van der Waals surface area contributed by atoms with E-state index in [-0.39, 0.29) is 16.9 Å². The highest BCUT2D eigenvalue weighted by Gasteiger charge is 2.42. The van der Waals surface area contributed by atoms with E-state index in [0.29, 0.717) is 0 Å². The molecule has 1 aromatic rings. The summed E-state index contributed by atoms with van der Waals surface area (Å²) in [5, 5.41) is 3.36. The number of carbonyl (C=O) groups is 1. The van der Waals surface area contributed by atoms with Crippen molar-refractivity contribution in [1.82, 2.24) is 10.2 Å². The quantitative estimate of drug-likeness (QED) is 0.839. The zero-order chi connectivity index (χ0) is 13.5. The van der Waals surface area contributed by atoms with Gasteiger partial charge in [0.05, 0.1) is 5.56 Å². The van der Waals surface area contributed by atoms with Crippen molar-refractivity contribution in [3.8, 4) is 0 Å². The largest absolute Gasteiger partial charge is 0.338 e. The second-order valence-electron chi connectivity index (χ2n) is 5.89. The van der Waals surface area contributed by atoms with Crippen molar-refractivity contribution < 1.29 is 9.18 Å². The van der Waals surface area contributed by atoms with Gasteiger partial charge in [-0.25, -0.2) is 4.39 Å². The van der Waals surface area contributed by atoms with Crippen molar-refractivity contribution >= 4 is 5.91 Å². The van der Waals surface area contributed by atoms with Crippen molar-refractivity contribution in [1.29, 1.82) is 0 Å².